The van der Waals surface area contributed by atoms with Crippen molar-refractivity contribution in [3.8, 4) is 0 Å². The van der Waals surface area contributed by atoms with Crippen LogP contribution in [0.5, 0.6) is 0 Å². The smallest absolute Gasteiger partial charge is 0.313 e. The summed E-state index contributed by atoms with van der Waals surface area (Å²) in [5.41, 5.74) is -1.13. The summed E-state index contributed by atoms with van der Waals surface area (Å²) in [6.45, 7) is 5.40. The van der Waals surface area contributed by atoms with E-state index in [-0.39, 0.29) is 4.75 Å². The normalized spacial score (nSPS) is 19.4. The molecular formula is C11H15FO3S. The summed E-state index contributed by atoms with van der Waals surface area (Å²) < 4.78 is 13.1. The molecule has 1 saturated carbocycles. The molecule has 1 aliphatic rings. The lowest BCUT2D eigenvalue weighted by Gasteiger charge is -2.15. The Labute approximate surface area is 98.1 Å². The Bertz CT molecular complexity index is 351. The van der Waals surface area contributed by atoms with Crippen molar-refractivity contribution >= 4 is 22.8 Å². The molecule has 1 aliphatic carbocycles. The summed E-state index contributed by atoms with van der Waals surface area (Å²) in [6, 6.07) is 0. The predicted octanol–water partition coefficient (Wildman–Crippen LogP) is 2.76. The number of halogens is 1. The molecule has 0 aromatic heterocycles. The fourth-order valence-corrected chi connectivity index (χ4v) is 1.90. The van der Waals surface area contributed by atoms with Crippen LogP contribution >= 0.6 is 11.8 Å². The number of carboxylic acid groups (broad SMARTS) is 1. The number of carboxylic acids is 1. The Kier molecular flexibility index (Phi) is 3.47. The summed E-state index contributed by atoms with van der Waals surface area (Å²) in [5.74, 6) is -2.00. The molecule has 0 aliphatic heterocycles. The summed E-state index contributed by atoms with van der Waals surface area (Å²) in [6.07, 6.45) is 1.77. The third-order valence-electron chi connectivity index (χ3n) is 2.21. The fraction of sp³-hybridized carbons (Fsp3) is 0.636. The van der Waals surface area contributed by atoms with Crippen molar-refractivity contribution in [2.75, 3.05) is 0 Å². The van der Waals surface area contributed by atoms with Crippen molar-refractivity contribution in [1.29, 1.82) is 0 Å². The van der Waals surface area contributed by atoms with E-state index in [4.69, 9.17) is 5.11 Å². The Hall–Kier alpha value is -0.840. The van der Waals surface area contributed by atoms with Gasteiger partial charge in [0.1, 0.15) is 0 Å². The van der Waals surface area contributed by atoms with Gasteiger partial charge < -0.3 is 5.11 Å². The minimum atomic E-state index is -1.13. The molecule has 16 heavy (non-hydrogen) atoms. The first kappa shape index (κ1) is 13.2. The minimum absolute atomic E-state index is 0.373. The van der Waals surface area contributed by atoms with Gasteiger partial charge in [-0.25, -0.2) is 4.39 Å². The molecule has 0 aromatic rings. The molecule has 0 heterocycles. The van der Waals surface area contributed by atoms with Crippen LogP contribution in [0.4, 0.5) is 4.39 Å². The molecule has 0 radical (unpaired) electrons. The predicted molar refractivity (Wildman–Crippen MR) is 60.8 cm³/mol. The number of carbonyl (C=O) groups excluding carboxylic acids is 1. The van der Waals surface area contributed by atoms with Crippen LogP contribution in [0.25, 0.3) is 0 Å². The quantitative estimate of drug-likeness (QED) is 0.778. The van der Waals surface area contributed by atoms with E-state index in [1.807, 2.05) is 0 Å². The Morgan fingerprint density at radius 1 is 1.38 bits per heavy atom. The van der Waals surface area contributed by atoms with E-state index in [1.54, 1.807) is 20.8 Å². The summed E-state index contributed by atoms with van der Waals surface area (Å²) in [5, 5.41) is 8.14. The molecule has 5 heteroatoms. The number of carbonyl (C=O) groups is 2. The van der Waals surface area contributed by atoms with Gasteiger partial charge in [-0.3, -0.25) is 9.59 Å². The van der Waals surface area contributed by atoms with Crippen LogP contribution in [0.15, 0.2) is 11.9 Å². The Morgan fingerprint density at radius 3 is 2.19 bits per heavy atom. The molecule has 0 atom stereocenters. The van der Waals surface area contributed by atoms with E-state index in [2.05, 4.69) is 0 Å². The zero-order chi connectivity index (χ0) is 12.6. The number of thioether (sulfide) groups is 1. The maximum absolute atomic E-state index is 13.5. The minimum Gasteiger partial charge on any atom is -0.481 e. The lowest BCUT2D eigenvalue weighted by molar-refractivity contribution is -0.141. The van der Waals surface area contributed by atoms with E-state index in [0.29, 0.717) is 12.8 Å². The van der Waals surface area contributed by atoms with Crippen LogP contribution < -0.4 is 0 Å². The number of hydrogen-bond donors (Lipinski definition) is 1. The molecule has 0 unspecified atom stereocenters. The lowest BCUT2D eigenvalue weighted by atomic mass is 10.1. The third-order valence-corrected chi connectivity index (χ3v) is 3.20. The molecule has 0 bridgehead atoms. The van der Waals surface area contributed by atoms with Crippen molar-refractivity contribution < 1.29 is 19.1 Å². The highest BCUT2D eigenvalue weighted by molar-refractivity contribution is 8.15. The average Bonchev–Trinajstić information content (AvgIpc) is 2.82. The average molecular weight is 246 g/mol. The van der Waals surface area contributed by atoms with Crippen LogP contribution in [-0.4, -0.2) is 20.9 Å². The van der Waals surface area contributed by atoms with Gasteiger partial charge in [0, 0.05) is 4.75 Å². The summed E-state index contributed by atoms with van der Waals surface area (Å²) in [7, 11) is 0. The second-order valence-corrected chi connectivity index (χ2v) is 6.76. The molecule has 0 saturated heterocycles. The number of aliphatic carboxylic acids is 1. The largest absolute Gasteiger partial charge is 0.481 e. The zero-order valence-corrected chi connectivity index (χ0v) is 10.4. The van der Waals surface area contributed by atoms with Gasteiger partial charge in [0.2, 0.25) is 5.12 Å². The van der Waals surface area contributed by atoms with Gasteiger partial charge in [0.15, 0.2) is 5.83 Å². The first-order chi connectivity index (χ1) is 7.16. The van der Waals surface area contributed by atoms with Gasteiger partial charge >= 0.3 is 5.97 Å². The van der Waals surface area contributed by atoms with E-state index in [9.17, 15) is 14.0 Å². The van der Waals surface area contributed by atoms with Crippen LogP contribution in [0.1, 0.15) is 33.6 Å². The monoisotopic (exact) mass is 246 g/mol. The summed E-state index contributed by atoms with van der Waals surface area (Å²) in [4.78, 5) is 22.2. The first-order valence-corrected chi connectivity index (χ1v) is 5.83. The van der Waals surface area contributed by atoms with Crippen molar-refractivity contribution in [3.05, 3.63) is 11.9 Å². The highest BCUT2D eigenvalue weighted by atomic mass is 32.2. The van der Waals surface area contributed by atoms with Gasteiger partial charge in [0.05, 0.1) is 5.41 Å². The standard InChI is InChI=1S/C11H15FO3S/c1-10(2,3)16-8(13)7(12)6-11(4-5-11)9(14)15/h6H,4-5H2,1-3H3,(H,14,15). The molecule has 1 N–H and O–H groups in total. The third kappa shape index (κ3) is 3.33. The number of hydrogen-bond acceptors (Lipinski definition) is 3. The van der Waals surface area contributed by atoms with Gasteiger partial charge in [-0.15, -0.1) is 0 Å². The van der Waals surface area contributed by atoms with Crippen LogP contribution in [-0.2, 0) is 9.59 Å². The van der Waals surface area contributed by atoms with Crippen molar-refractivity contribution in [2.24, 2.45) is 5.41 Å². The van der Waals surface area contributed by atoms with Gasteiger partial charge in [-0.05, 0) is 18.9 Å². The van der Waals surface area contributed by atoms with E-state index >= 15 is 0 Å². The molecular weight excluding hydrogens is 231 g/mol. The Balaban J connectivity index is 2.71. The van der Waals surface area contributed by atoms with E-state index in [0.717, 1.165) is 17.8 Å². The van der Waals surface area contributed by atoms with Crippen molar-refractivity contribution in [2.45, 2.75) is 38.4 Å². The highest BCUT2D eigenvalue weighted by Gasteiger charge is 2.49. The molecule has 1 rings (SSSR count). The molecule has 1 fully saturated rings. The second kappa shape index (κ2) is 4.20. The fourth-order valence-electron chi connectivity index (χ4n) is 1.18. The molecule has 0 amide bonds. The molecule has 3 nitrogen and oxygen atoms in total. The highest BCUT2D eigenvalue weighted by Crippen LogP contribution is 2.48. The summed E-state index contributed by atoms with van der Waals surface area (Å²) >= 11 is 0.870. The Morgan fingerprint density at radius 2 is 1.88 bits per heavy atom. The molecule has 0 spiro atoms. The van der Waals surface area contributed by atoms with Crippen LogP contribution in [0.3, 0.4) is 0 Å². The topological polar surface area (TPSA) is 54.4 Å². The van der Waals surface area contributed by atoms with Gasteiger partial charge in [-0.2, -0.15) is 0 Å². The van der Waals surface area contributed by atoms with E-state index < -0.39 is 22.3 Å². The molecule has 0 aromatic carbocycles. The van der Waals surface area contributed by atoms with Crippen molar-refractivity contribution in [1.82, 2.24) is 0 Å². The maximum atomic E-state index is 13.5. The SMILES string of the molecule is CC(C)(C)SC(=O)C(F)=CC1(C(=O)O)CC1. The van der Waals surface area contributed by atoms with Crippen LogP contribution in [0.2, 0.25) is 0 Å². The lowest BCUT2D eigenvalue weighted by Crippen LogP contribution is -2.15. The van der Waals surface area contributed by atoms with Crippen molar-refractivity contribution in [3.63, 3.8) is 0 Å². The number of rotatable bonds is 3. The van der Waals surface area contributed by atoms with Crippen LogP contribution in [0, 0.1) is 5.41 Å². The van der Waals surface area contributed by atoms with Gasteiger partial charge in [-0.1, -0.05) is 32.5 Å². The van der Waals surface area contributed by atoms with Gasteiger partial charge in [0.25, 0.3) is 0 Å². The first-order valence-electron chi connectivity index (χ1n) is 5.01. The molecule has 90 valence electrons. The zero-order valence-electron chi connectivity index (χ0n) is 9.54. The maximum Gasteiger partial charge on any atom is 0.313 e. The second-order valence-electron chi connectivity index (χ2n) is 4.96. The van der Waals surface area contributed by atoms with E-state index in [1.165, 1.54) is 0 Å².